The third kappa shape index (κ3) is 4.25. The molecule has 0 saturated heterocycles. The van der Waals surface area contributed by atoms with Gasteiger partial charge in [-0.25, -0.2) is 0 Å². The van der Waals surface area contributed by atoms with Crippen LogP contribution in [0, 0.1) is 6.92 Å². The summed E-state index contributed by atoms with van der Waals surface area (Å²) in [6, 6.07) is 8.23. The van der Waals surface area contributed by atoms with Gasteiger partial charge in [-0.05, 0) is 42.8 Å². The number of rotatable bonds is 4. The number of benzene rings is 1. The van der Waals surface area contributed by atoms with Crippen LogP contribution < -0.4 is 10.1 Å². The number of halogens is 3. The minimum atomic E-state index is -4.72. The Labute approximate surface area is 152 Å². The number of hydrogen-bond donors (Lipinski definition) is 1. The molecule has 0 saturated carbocycles. The van der Waals surface area contributed by atoms with Gasteiger partial charge in [0.05, 0.1) is 11.8 Å². The minimum Gasteiger partial charge on any atom is -0.455 e. The largest absolute Gasteiger partial charge is 0.455 e. The number of aryl methyl sites for hydroxylation is 2. The van der Waals surface area contributed by atoms with E-state index in [4.69, 9.17) is 4.74 Å². The van der Waals surface area contributed by atoms with E-state index in [1.807, 2.05) is 0 Å². The molecule has 0 fully saturated rings. The maximum atomic E-state index is 13.0. The van der Waals surface area contributed by atoms with Crippen molar-refractivity contribution in [1.82, 2.24) is 14.8 Å². The first-order valence-electron chi connectivity index (χ1n) is 7.85. The van der Waals surface area contributed by atoms with E-state index in [2.05, 4.69) is 15.4 Å². The molecular weight excluding hydrogens is 361 g/mol. The molecule has 0 atom stereocenters. The number of nitrogens with zero attached hydrogens (tertiary/aromatic N) is 3. The quantitative estimate of drug-likeness (QED) is 0.741. The van der Waals surface area contributed by atoms with Crippen LogP contribution in [-0.2, 0) is 13.2 Å². The van der Waals surface area contributed by atoms with Crippen LogP contribution in [0.5, 0.6) is 11.5 Å². The molecule has 1 amide bonds. The molecule has 3 aromatic rings. The Kier molecular flexibility index (Phi) is 4.85. The van der Waals surface area contributed by atoms with E-state index in [-0.39, 0.29) is 0 Å². The number of hydrogen-bond acceptors (Lipinski definition) is 4. The van der Waals surface area contributed by atoms with E-state index in [1.165, 1.54) is 7.05 Å². The SMILES string of the molecule is Cc1cc(NC(=O)c2cn(C)nc2C(F)(F)F)ccc1Oc1cccnc1. The summed E-state index contributed by atoms with van der Waals surface area (Å²) < 4.78 is 45.7. The highest BCUT2D eigenvalue weighted by Crippen LogP contribution is 2.31. The molecule has 3 rings (SSSR count). The van der Waals surface area contributed by atoms with Crippen molar-refractivity contribution in [3.05, 3.63) is 65.7 Å². The number of nitrogens with one attached hydrogen (secondary N) is 1. The molecule has 140 valence electrons. The maximum absolute atomic E-state index is 13.0. The Bertz CT molecular complexity index is 968. The summed E-state index contributed by atoms with van der Waals surface area (Å²) in [5, 5.41) is 5.78. The maximum Gasteiger partial charge on any atom is 0.435 e. The Morgan fingerprint density at radius 2 is 2.04 bits per heavy atom. The van der Waals surface area contributed by atoms with E-state index < -0.39 is 23.3 Å². The summed E-state index contributed by atoms with van der Waals surface area (Å²) in [7, 11) is 1.32. The lowest BCUT2D eigenvalue weighted by Crippen LogP contribution is -2.17. The van der Waals surface area contributed by atoms with Gasteiger partial charge in [0.1, 0.15) is 11.5 Å². The predicted octanol–water partition coefficient (Wildman–Crippen LogP) is 4.19. The van der Waals surface area contributed by atoms with Crippen LogP contribution in [-0.4, -0.2) is 20.7 Å². The molecule has 0 aliphatic carbocycles. The Balaban J connectivity index is 1.79. The van der Waals surface area contributed by atoms with Gasteiger partial charge in [0.25, 0.3) is 5.91 Å². The fourth-order valence-electron chi connectivity index (χ4n) is 2.44. The highest BCUT2D eigenvalue weighted by Gasteiger charge is 2.39. The molecule has 0 aliphatic heterocycles. The lowest BCUT2D eigenvalue weighted by Gasteiger charge is -2.11. The molecule has 0 bridgehead atoms. The monoisotopic (exact) mass is 376 g/mol. The van der Waals surface area contributed by atoms with Crippen LogP contribution in [0.15, 0.2) is 48.9 Å². The molecule has 9 heteroatoms. The van der Waals surface area contributed by atoms with Gasteiger partial charge in [-0.1, -0.05) is 0 Å². The molecular formula is C18H15F3N4O2. The number of carbonyl (C=O) groups excluding carboxylic acids is 1. The van der Waals surface area contributed by atoms with E-state index in [0.29, 0.717) is 22.7 Å². The summed E-state index contributed by atoms with van der Waals surface area (Å²) in [5.74, 6) is 0.191. The molecule has 1 N–H and O–H groups in total. The highest BCUT2D eigenvalue weighted by molar-refractivity contribution is 6.05. The number of aromatic nitrogens is 3. The van der Waals surface area contributed by atoms with Crippen molar-refractivity contribution in [2.45, 2.75) is 13.1 Å². The third-order valence-corrected chi connectivity index (χ3v) is 3.64. The molecule has 27 heavy (non-hydrogen) atoms. The van der Waals surface area contributed by atoms with Gasteiger partial charge in [-0.2, -0.15) is 18.3 Å². The smallest absolute Gasteiger partial charge is 0.435 e. The van der Waals surface area contributed by atoms with Crippen LogP contribution in [0.1, 0.15) is 21.6 Å². The lowest BCUT2D eigenvalue weighted by atomic mass is 10.1. The summed E-state index contributed by atoms with van der Waals surface area (Å²) in [5.41, 5.74) is -0.735. The molecule has 1 aromatic carbocycles. The average Bonchev–Trinajstić information content (AvgIpc) is 3.01. The molecule has 0 aliphatic rings. The fourth-order valence-corrected chi connectivity index (χ4v) is 2.44. The normalized spacial score (nSPS) is 11.3. The third-order valence-electron chi connectivity index (χ3n) is 3.64. The first kappa shape index (κ1) is 18.4. The summed E-state index contributed by atoms with van der Waals surface area (Å²) >= 11 is 0. The number of alkyl halides is 3. The topological polar surface area (TPSA) is 69.0 Å². The molecule has 2 heterocycles. The van der Waals surface area contributed by atoms with Crippen molar-refractivity contribution in [3.8, 4) is 11.5 Å². The minimum absolute atomic E-state index is 0.341. The van der Waals surface area contributed by atoms with Gasteiger partial charge in [0.15, 0.2) is 5.69 Å². The fraction of sp³-hybridized carbons (Fsp3) is 0.167. The van der Waals surface area contributed by atoms with Gasteiger partial charge < -0.3 is 10.1 Å². The number of anilines is 1. The van der Waals surface area contributed by atoms with E-state index in [1.54, 1.807) is 49.6 Å². The van der Waals surface area contributed by atoms with E-state index >= 15 is 0 Å². The summed E-state index contributed by atoms with van der Waals surface area (Å²) in [4.78, 5) is 16.2. The van der Waals surface area contributed by atoms with Gasteiger partial charge in [0.2, 0.25) is 0 Å². The summed E-state index contributed by atoms with van der Waals surface area (Å²) in [6.45, 7) is 1.76. The second-order valence-corrected chi connectivity index (χ2v) is 5.79. The van der Waals surface area contributed by atoms with Gasteiger partial charge in [-0.3, -0.25) is 14.5 Å². The van der Waals surface area contributed by atoms with Crippen LogP contribution >= 0.6 is 0 Å². The van der Waals surface area contributed by atoms with Crippen molar-refractivity contribution >= 4 is 11.6 Å². The van der Waals surface area contributed by atoms with Gasteiger partial charge in [-0.15, -0.1) is 0 Å². The first-order chi connectivity index (χ1) is 12.7. The standard InChI is InChI=1S/C18H15F3N4O2/c1-11-8-12(5-6-15(11)27-13-4-3-7-22-9-13)23-17(26)14-10-25(2)24-16(14)18(19,20)21/h3-10H,1-2H3,(H,23,26). The van der Waals surface area contributed by atoms with Crippen LogP contribution in [0.4, 0.5) is 18.9 Å². The van der Waals surface area contributed by atoms with Crippen molar-refractivity contribution in [2.75, 3.05) is 5.32 Å². The average molecular weight is 376 g/mol. The van der Waals surface area contributed by atoms with Crippen LogP contribution in [0.2, 0.25) is 0 Å². The second kappa shape index (κ2) is 7.10. The number of carbonyl (C=O) groups is 1. The van der Waals surface area contributed by atoms with Gasteiger partial charge >= 0.3 is 6.18 Å². The summed E-state index contributed by atoms with van der Waals surface area (Å²) in [6.07, 6.45) is -0.516. The Morgan fingerprint density at radius 3 is 2.67 bits per heavy atom. The number of pyridine rings is 1. The molecule has 2 aromatic heterocycles. The molecule has 0 unspecified atom stereocenters. The van der Waals surface area contributed by atoms with Crippen molar-refractivity contribution in [3.63, 3.8) is 0 Å². The van der Waals surface area contributed by atoms with Crippen molar-refractivity contribution in [1.29, 1.82) is 0 Å². The predicted molar refractivity (Wildman–Crippen MR) is 91.7 cm³/mol. The zero-order valence-corrected chi connectivity index (χ0v) is 14.4. The van der Waals surface area contributed by atoms with E-state index in [9.17, 15) is 18.0 Å². The van der Waals surface area contributed by atoms with Crippen molar-refractivity contribution in [2.24, 2.45) is 7.05 Å². The lowest BCUT2D eigenvalue weighted by molar-refractivity contribution is -0.141. The number of amides is 1. The Hall–Kier alpha value is -3.36. The number of ether oxygens (including phenoxy) is 1. The van der Waals surface area contributed by atoms with Crippen molar-refractivity contribution < 1.29 is 22.7 Å². The Morgan fingerprint density at radius 1 is 1.26 bits per heavy atom. The molecule has 6 nitrogen and oxygen atoms in total. The molecule has 0 spiro atoms. The van der Waals surface area contributed by atoms with Crippen LogP contribution in [0.25, 0.3) is 0 Å². The highest BCUT2D eigenvalue weighted by atomic mass is 19.4. The zero-order chi connectivity index (χ0) is 19.6. The van der Waals surface area contributed by atoms with E-state index in [0.717, 1.165) is 10.9 Å². The van der Waals surface area contributed by atoms with Crippen LogP contribution in [0.3, 0.4) is 0 Å². The molecule has 0 radical (unpaired) electrons. The van der Waals surface area contributed by atoms with Gasteiger partial charge in [0, 0.05) is 25.1 Å². The second-order valence-electron chi connectivity index (χ2n) is 5.79. The zero-order valence-electron chi connectivity index (χ0n) is 14.4. The first-order valence-corrected chi connectivity index (χ1v) is 7.85.